The SMILES string of the molecule is COc1ccc(Cn2ccn(C)[c]2=[Pt])cc1.NC1CCCCC1. The minimum absolute atomic E-state index is 0.536. The average molecular weight is 497 g/mol. The molecule has 1 saturated carbocycles. The second kappa shape index (κ2) is 9.24. The molecule has 0 radical (unpaired) electrons. The predicted octanol–water partition coefficient (Wildman–Crippen LogP) is 3.24. The number of methoxy groups -OCH3 is 1. The van der Waals surface area contributed by atoms with E-state index in [9.17, 15) is 0 Å². The quantitative estimate of drug-likeness (QED) is 0.710. The van der Waals surface area contributed by atoms with Crippen LogP contribution in [0.25, 0.3) is 0 Å². The fourth-order valence-corrected chi connectivity index (χ4v) is 3.19. The van der Waals surface area contributed by atoms with Gasteiger partial charge in [-0.2, -0.15) is 0 Å². The van der Waals surface area contributed by atoms with E-state index in [-0.39, 0.29) is 0 Å². The Bertz CT molecular complexity index is 639. The number of imidazole rings is 1. The largest absolute Gasteiger partial charge is 0.328 e. The van der Waals surface area contributed by atoms with Gasteiger partial charge in [-0.15, -0.1) is 0 Å². The first kappa shape index (κ1) is 18.2. The van der Waals surface area contributed by atoms with Gasteiger partial charge in [-0.3, -0.25) is 0 Å². The van der Waals surface area contributed by atoms with Gasteiger partial charge in [0.2, 0.25) is 0 Å². The second-order valence-corrected chi connectivity index (χ2v) is 7.04. The van der Waals surface area contributed by atoms with Gasteiger partial charge in [0.1, 0.15) is 0 Å². The van der Waals surface area contributed by atoms with Crippen LogP contribution in [0.5, 0.6) is 5.75 Å². The van der Waals surface area contributed by atoms with Crippen molar-refractivity contribution in [1.29, 1.82) is 0 Å². The van der Waals surface area contributed by atoms with Crippen LogP contribution in [0.4, 0.5) is 0 Å². The summed E-state index contributed by atoms with van der Waals surface area (Å²) >= 11 is 2.33. The Hall–Kier alpha value is -1.12. The van der Waals surface area contributed by atoms with E-state index in [1.54, 1.807) is 7.11 Å². The number of aryl methyl sites for hydroxylation is 1. The molecule has 0 atom stereocenters. The van der Waals surface area contributed by atoms with Crippen molar-refractivity contribution in [1.82, 2.24) is 9.13 Å². The maximum Gasteiger partial charge on any atom is 0.00388 e. The van der Waals surface area contributed by atoms with E-state index in [2.05, 4.69) is 53.0 Å². The number of hydrogen-bond donors (Lipinski definition) is 1. The third-order valence-corrected chi connectivity index (χ3v) is 5.57. The maximum absolute atomic E-state index is 5.63. The molecule has 0 amide bonds. The number of nitrogens with two attached hydrogens (primary N) is 1. The van der Waals surface area contributed by atoms with Crippen molar-refractivity contribution in [2.24, 2.45) is 12.8 Å². The summed E-state index contributed by atoms with van der Waals surface area (Å²) in [6.07, 6.45) is 10.8. The van der Waals surface area contributed by atoms with E-state index in [1.165, 1.54) is 41.5 Å². The Labute approximate surface area is 149 Å². The average Bonchev–Trinajstić information content (AvgIpc) is 2.89. The molecule has 23 heavy (non-hydrogen) atoms. The smallest absolute Gasteiger partial charge is 0.00388 e. The molecule has 0 bridgehead atoms. The predicted molar refractivity (Wildman–Crippen MR) is 89.8 cm³/mol. The van der Waals surface area contributed by atoms with Crippen LogP contribution in [-0.4, -0.2) is 22.3 Å². The van der Waals surface area contributed by atoms with E-state index < -0.39 is 0 Å². The number of aromatic nitrogens is 2. The summed E-state index contributed by atoms with van der Waals surface area (Å²) in [4.78, 5) is 0. The van der Waals surface area contributed by atoms with Gasteiger partial charge in [-0.1, -0.05) is 19.3 Å². The fourth-order valence-electron chi connectivity index (χ4n) is 2.67. The van der Waals surface area contributed by atoms with Crippen LogP contribution in [0.1, 0.15) is 37.7 Å². The second-order valence-electron chi connectivity index (χ2n) is 6.02. The molecule has 130 valence electrons. The summed E-state index contributed by atoms with van der Waals surface area (Å²) in [6.45, 7) is 0.893. The summed E-state index contributed by atoms with van der Waals surface area (Å²) in [5.41, 5.74) is 6.91. The van der Waals surface area contributed by atoms with Crippen LogP contribution in [0, 0.1) is 3.80 Å². The number of benzene rings is 1. The third-order valence-electron chi connectivity index (χ3n) is 4.12. The van der Waals surface area contributed by atoms with Crippen molar-refractivity contribution in [3.05, 3.63) is 46.0 Å². The molecule has 0 spiro atoms. The van der Waals surface area contributed by atoms with E-state index >= 15 is 0 Å². The molecule has 1 fully saturated rings. The van der Waals surface area contributed by atoms with Crippen LogP contribution in [0.2, 0.25) is 0 Å². The van der Waals surface area contributed by atoms with Gasteiger partial charge in [0.15, 0.2) is 0 Å². The molecule has 0 unspecified atom stereocenters. The Kier molecular flexibility index (Phi) is 7.32. The number of rotatable bonds is 3. The molecule has 0 saturated heterocycles. The van der Waals surface area contributed by atoms with Crippen LogP contribution >= 0.6 is 0 Å². The first-order chi connectivity index (χ1) is 11.1. The molecule has 0 aliphatic heterocycles. The van der Waals surface area contributed by atoms with Crippen molar-refractivity contribution >= 4 is 0 Å². The molecular weight excluding hydrogens is 469 g/mol. The number of ether oxygens (including phenoxy) is 1. The van der Waals surface area contributed by atoms with Gasteiger partial charge in [-0.25, -0.2) is 0 Å². The van der Waals surface area contributed by atoms with Crippen LogP contribution in [0.3, 0.4) is 0 Å². The van der Waals surface area contributed by atoms with E-state index in [0.29, 0.717) is 6.04 Å². The molecule has 4 nitrogen and oxygen atoms in total. The molecule has 3 rings (SSSR count). The van der Waals surface area contributed by atoms with Gasteiger partial charge in [-0.05, 0) is 12.8 Å². The summed E-state index contributed by atoms with van der Waals surface area (Å²) in [5.74, 6) is 0.900. The molecule has 5 heteroatoms. The molecular formula is C18H27N3OPt. The van der Waals surface area contributed by atoms with Gasteiger partial charge in [0, 0.05) is 6.04 Å². The topological polar surface area (TPSA) is 45.1 Å². The molecule has 1 heterocycles. The van der Waals surface area contributed by atoms with Gasteiger partial charge in [0.25, 0.3) is 0 Å². The van der Waals surface area contributed by atoms with Crippen LogP contribution in [-0.2, 0) is 32.9 Å². The van der Waals surface area contributed by atoms with E-state index in [4.69, 9.17) is 10.5 Å². The normalized spacial score (nSPS) is 15.0. The third kappa shape index (κ3) is 5.78. The molecule has 2 aromatic rings. The Morgan fingerprint density at radius 3 is 2.22 bits per heavy atom. The molecule has 1 aliphatic rings. The van der Waals surface area contributed by atoms with Crippen molar-refractivity contribution in [2.75, 3.05) is 7.11 Å². The molecule has 1 aliphatic carbocycles. The van der Waals surface area contributed by atoms with Crippen molar-refractivity contribution in [2.45, 2.75) is 44.7 Å². The molecule has 1 aromatic carbocycles. The summed E-state index contributed by atoms with van der Waals surface area (Å²) in [7, 11) is 3.73. The molecule has 1 aromatic heterocycles. The fraction of sp³-hybridized carbons (Fsp3) is 0.500. The van der Waals surface area contributed by atoms with Crippen LogP contribution < -0.4 is 10.5 Å². The maximum atomic E-state index is 5.63. The Balaban J connectivity index is 0.000000229. The van der Waals surface area contributed by atoms with Crippen molar-refractivity contribution < 1.29 is 24.1 Å². The van der Waals surface area contributed by atoms with Gasteiger partial charge >= 0.3 is 106 Å². The van der Waals surface area contributed by atoms with E-state index in [1.807, 2.05) is 19.2 Å². The monoisotopic (exact) mass is 496 g/mol. The first-order valence-electron chi connectivity index (χ1n) is 8.16. The Morgan fingerprint density at radius 2 is 1.78 bits per heavy atom. The Morgan fingerprint density at radius 1 is 1.13 bits per heavy atom. The zero-order valence-electron chi connectivity index (χ0n) is 14.0. The minimum atomic E-state index is 0.536. The first-order valence-corrected chi connectivity index (χ1v) is 9.29. The zero-order chi connectivity index (χ0) is 16.7. The standard InChI is InChI=1S/C12H14N2O.C6H13N.Pt/c1-13-7-8-14(10-13)9-11-3-5-12(15-2)6-4-11;7-6-4-2-1-3-5-6;/h3-8H,9H2,1-2H3;6H,1-5,7H2;. The van der Waals surface area contributed by atoms with Crippen LogP contribution in [0.15, 0.2) is 36.7 Å². The summed E-state index contributed by atoms with van der Waals surface area (Å²) in [6, 6.07) is 8.70. The van der Waals surface area contributed by atoms with Crippen molar-refractivity contribution in [3.63, 3.8) is 0 Å². The van der Waals surface area contributed by atoms with Gasteiger partial charge < -0.3 is 5.73 Å². The van der Waals surface area contributed by atoms with Gasteiger partial charge in [0.05, 0.1) is 0 Å². The number of hydrogen-bond acceptors (Lipinski definition) is 2. The summed E-state index contributed by atoms with van der Waals surface area (Å²) < 4.78 is 10.7. The number of nitrogens with zero attached hydrogens (tertiary/aromatic N) is 2. The minimum Gasteiger partial charge on any atom is -0.328 e. The van der Waals surface area contributed by atoms with E-state index in [0.717, 1.165) is 12.3 Å². The van der Waals surface area contributed by atoms with Crippen molar-refractivity contribution in [3.8, 4) is 5.75 Å². The zero-order valence-corrected chi connectivity index (χ0v) is 16.3. The molecule has 2 N–H and O–H groups in total. The summed E-state index contributed by atoms with van der Waals surface area (Å²) in [5, 5.41) is 0.